The lowest BCUT2D eigenvalue weighted by Gasteiger charge is -2.35. The lowest BCUT2D eigenvalue weighted by molar-refractivity contribution is -0.384. The molecule has 1 aliphatic heterocycles. The van der Waals surface area contributed by atoms with E-state index in [1.807, 2.05) is 0 Å². The Morgan fingerprint density at radius 1 is 1.22 bits per heavy atom. The molecule has 1 amide bonds. The zero-order valence-electron chi connectivity index (χ0n) is 21.7. The number of nitrogens with two attached hydrogens (primary N) is 1. The monoisotopic (exact) mass is 581 g/mol. The van der Waals surface area contributed by atoms with Crippen molar-refractivity contribution in [2.24, 2.45) is 11.1 Å². The number of aromatic amines is 1. The van der Waals surface area contributed by atoms with Gasteiger partial charge in [0.25, 0.3) is 11.6 Å². The smallest absolute Gasteiger partial charge is 0.293 e. The molecule has 3 heterocycles. The first-order chi connectivity index (χ1) is 19.6. The predicted octanol–water partition coefficient (Wildman–Crippen LogP) is 3.40. The number of aliphatic hydroxyl groups is 1. The number of nitrogens with zero attached hydrogens (tertiary/aromatic N) is 2. The molecule has 14 heteroatoms. The maximum atomic E-state index is 13.8. The van der Waals surface area contributed by atoms with Gasteiger partial charge >= 0.3 is 0 Å². The maximum absolute atomic E-state index is 13.8. The molecule has 0 atom stereocenters. The van der Waals surface area contributed by atoms with Gasteiger partial charge in [-0.15, -0.1) is 0 Å². The molecule has 0 saturated carbocycles. The Labute approximate surface area is 234 Å². The standard InChI is InChI=1S/C27H27N5O8S/c28-25(34)20-2-1-3-23(24(20)40-18-12-17-6-9-29-26(17)30-14-18)41(37,38)19-4-5-21(22(13-19)32(35)36)31-15-27(16-33)7-10-39-11-8-27/h1-6,9,12-14,31,33H,7-8,10-11,15-16H2,(H2,28,34)(H,29,30). The highest BCUT2D eigenvalue weighted by molar-refractivity contribution is 7.91. The summed E-state index contributed by atoms with van der Waals surface area (Å²) in [6.07, 6.45) is 4.17. The Balaban J connectivity index is 1.52. The molecule has 0 bridgehead atoms. The molecule has 2 aromatic carbocycles. The number of carbonyl (C=O) groups is 1. The van der Waals surface area contributed by atoms with E-state index in [-0.39, 0.29) is 40.8 Å². The fraction of sp³-hybridized carbons (Fsp3) is 0.259. The number of fused-ring (bicyclic) bond motifs is 1. The van der Waals surface area contributed by atoms with Gasteiger partial charge in [-0.05, 0) is 49.2 Å². The average molecular weight is 582 g/mol. The summed E-state index contributed by atoms with van der Waals surface area (Å²) in [4.78, 5) is 29.9. The third kappa shape index (κ3) is 5.57. The Kier molecular flexibility index (Phi) is 7.62. The Bertz CT molecular complexity index is 1730. The molecule has 5 N–H and O–H groups in total. The van der Waals surface area contributed by atoms with Crippen LogP contribution in [0.1, 0.15) is 23.2 Å². The molecule has 1 fully saturated rings. The molecular formula is C27H27N5O8S. The molecule has 41 heavy (non-hydrogen) atoms. The van der Waals surface area contributed by atoms with Gasteiger partial charge in [0.2, 0.25) is 9.84 Å². The minimum absolute atomic E-state index is 0.0986. The number of aromatic nitrogens is 2. The van der Waals surface area contributed by atoms with Crippen LogP contribution in [-0.2, 0) is 14.6 Å². The number of hydrogen-bond donors (Lipinski definition) is 4. The first-order valence-electron chi connectivity index (χ1n) is 12.6. The van der Waals surface area contributed by atoms with E-state index < -0.39 is 36.7 Å². The number of para-hydroxylation sites is 1. The van der Waals surface area contributed by atoms with Gasteiger partial charge in [0.15, 0.2) is 5.75 Å². The number of pyridine rings is 1. The number of ether oxygens (including phenoxy) is 2. The molecule has 0 unspecified atom stereocenters. The van der Waals surface area contributed by atoms with E-state index in [0.717, 1.165) is 6.07 Å². The van der Waals surface area contributed by atoms with Crippen LogP contribution in [0, 0.1) is 15.5 Å². The number of benzene rings is 2. The molecule has 4 aromatic rings. The molecule has 0 radical (unpaired) electrons. The van der Waals surface area contributed by atoms with E-state index in [9.17, 15) is 28.4 Å². The molecule has 0 aliphatic carbocycles. The number of sulfone groups is 1. The van der Waals surface area contributed by atoms with Gasteiger partial charge in [0.1, 0.15) is 22.0 Å². The second kappa shape index (κ2) is 11.2. The summed E-state index contributed by atoms with van der Waals surface area (Å²) in [6, 6.07) is 10.7. The third-order valence-electron chi connectivity index (χ3n) is 7.15. The van der Waals surface area contributed by atoms with Gasteiger partial charge in [-0.3, -0.25) is 14.9 Å². The molecule has 1 aliphatic rings. The number of amides is 1. The van der Waals surface area contributed by atoms with E-state index in [1.165, 1.54) is 36.5 Å². The lowest BCUT2D eigenvalue weighted by Crippen LogP contribution is -2.39. The van der Waals surface area contributed by atoms with Crippen LogP contribution < -0.4 is 15.8 Å². The molecule has 0 spiro atoms. The van der Waals surface area contributed by atoms with E-state index >= 15 is 0 Å². The zero-order chi connectivity index (χ0) is 29.2. The van der Waals surface area contributed by atoms with Crippen molar-refractivity contribution in [3.63, 3.8) is 0 Å². The minimum atomic E-state index is -4.45. The summed E-state index contributed by atoms with van der Waals surface area (Å²) in [6.45, 7) is 1.03. The fourth-order valence-corrected chi connectivity index (χ4v) is 6.13. The highest BCUT2D eigenvalue weighted by Crippen LogP contribution is 2.39. The Morgan fingerprint density at radius 3 is 2.71 bits per heavy atom. The molecule has 2 aromatic heterocycles. The summed E-state index contributed by atoms with van der Waals surface area (Å²) in [7, 11) is -4.45. The highest BCUT2D eigenvalue weighted by Gasteiger charge is 2.33. The van der Waals surface area contributed by atoms with E-state index in [4.69, 9.17) is 15.2 Å². The number of nitro groups is 1. The highest BCUT2D eigenvalue weighted by atomic mass is 32.2. The second-order valence-electron chi connectivity index (χ2n) is 9.75. The fourth-order valence-electron chi connectivity index (χ4n) is 4.70. The topological polar surface area (TPSA) is 200 Å². The number of H-pyrrole nitrogens is 1. The summed E-state index contributed by atoms with van der Waals surface area (Å²) >= 11 is 0. The predicted molar refractivity (Wildman–Crippen MR) is 148 cm³/mol. The normalized spacial score (nSPS) is 15.0. The van der Waals surface area contributed by atoms with Crippen molar-refractivity contribution in [3.8, 4) is 11.5 Å². The van der Waals surface area contributed by atoms with Gasteiger partial charge in [-0.25, -0.2) is 13.4 Å². The van der Waals surface area contributed by atoms with Gasteiger partial charge in [-0.1, -0.05) is 6.07 Å². The maximum Gasteiger partial charge on any atom is 0.293 e. The van der Waals surface area contributed by atoms with Crippen molar-refractivity contribution >= 4 is 38.2 Å². The number of aliphatic hydroxyl groups excluding tert-OH is 1. The van der Waals surface area contributed by atoms with Crippen molar-refractivity contribution < 1.29 is 32.7 Å². The molecule has 5 rings (SSSR count). The average Bonchev–Trinajstić information content (AvgIpc) is 3.44. The molecule has 1 saturated heterocycles. The van der Waals surface area contributed by atoms with Gasteiger partial charge in [0.05, 0.1) is 28.2 Å². The van der Waals surface area contributed by atoms with E-state index in [2.05, 4.69) is 15.3 Å². The summed E-state index contributed by atoms with van der Waals surface area (Å²) in [5, 5.41) is 25.6. The van der Waals surface area contributed by atoms with Crippen LogP contribution in [-0.4, -0.2) is 60.7 Å². The first kappa shape index (κ1) is 28.0. The van der Waals surface area contributed by atoms with Crippen LogP contribution in [0.15, 0.2) is 70.7 Å². The summed E-state index contributed by atoms with van der Waals surface area (Å²) < 4.78 is 38.9. The number of primary amides is 1. The van der Waals surface area contributed by atoms with E-state index in [0.29, 0.717) is 37.1 Å². The van der Waals surface area contributed by atoms with Crippen LogP contribution in [0.3, 0.4) is 0 Å². The number of carbonyl (C=O) groups excluding carboxylic acids is 1. The summed E-state index contributed by atoms with van der Waals surface area (Å²) in [5.74, 6) is -1.10. The quantitative estimate of drug-likeness (QED) is 0.159. The van der Waals surface area contributed by atoms with Crippen molar-refractivity contribution in [2.45, 2.75) is 22.6 Å². The van der Waals surface area contributed by atoms with Crippen LogP contribution in [0.2, 0.25) is 0 Å². The van der Waals surface area contributed by atoms with Crippen LogP contribution in [0.25, 0.3) is 11.0 Å². The Hall–Kier alpha value is -4.53. The third-order valence-corrected chi connectivity index (χ3v) is 8.92. The van der Waals surface area contributed by atoms with Crippen molar-refractivity contribution in [3.05, 3.63) is 76.6 Å². The lowest BCUT2D eigenvalue weighted by atomic mass is 9.81. The number of anilines is 1. The number of nitro benzene ring substituents is 1. The van der Waals surface area contributed by atoms with Gasteiger partial charge < -0.3 is 30.6 Å². The van der Waals surface area contributed by atoms with E-state index in [1.54, 1.807) is 18.3 Å². The first-order valence-corrected chi connectivity index (χ1v) is 14.1. The SMILES string of the molecule is NC(=O)c1cccc(S(=O)(=O)c2ccc(NCC3(CO)CCOCC3)c([N+](=O)[O-])c2)c1Oc1cnc2[nH]ccc2c1. The number of nitrogens with one attached hydrogen (secondary N) is 2. The second-order valence-corrected chi connectivity index (χ2v) is 11.7. The molecule has 214 valence electrons. The summed E-state index contributed by atoms with van der Waals surface area (Å²) in [5.41, 5.74) is 5.03. The zero-order valence-corrected chi connectivity index (χ0v) is 22.5. The Morgan fingerprint density at radius 2 is 2.00 bits per heavy atom. The minimum Gasteiger partial charge on any atom is -0.453 e. The van der Waals surface area contributed by atoms with Crippen LogP contribution >= 0.6 is 0 Å². The molecular weight excluding hydrogens is 554 g/mol. The van der Waals surface area contributed by atoms with Crippen molar-refractivity contribution in [1.29, 1.82) is 0 Å². The van der Waals surface area contributed by atoms with Crippen LogP contribution in [0.4, 0.5) is 11.4 Å². The van der Waals surface area contributed by atoms with Gasteiger partial charge in [-0.2, -0.15) is 0 Å². The van der Waals surface area contributed by atoms with Crippen molar-refractivity contribution in [2.75, 3.05) is 31.7 Å². The number of rotatable bonds is 10. The molecule has 13 nitrogen and oxygen atoms in total. The largest absolute Gasteiger partial charge is 0.453 e. The van der Waals surface area contributed by atoms with Crippen molar-refractivity contribution in [1.82, 2.24) is 9.97 Å². The van der Waals surface area contributed by atoms with Crippen LogP contribution in [0.5, 0.6) is 11.5 Å². The van der Waals surface area contributed by atoms with Gasteiger partial charge in [0, 0.05) is 42.8 Å². The number of hydrogen-bond acceptors (Lipinski definition) is 10.